The molecule has 0 spiro atoms. The third-order valence-corrected chi connectivity index (χ3v) is 3.14. The Morgan fingerprint density at radius 1 is 0.870 bits per heavy atom. The zero-order valence-corrected chi connectivity index (χ0v) is 15.1. The van der Waals surface area contributed by atoms with Crippen LogP contribution < -0.4 is 18.1 Å². The number of hydrogen-bond donors (Lipinski definition) is 1. The molecule has 0 atom stereocenters. The minimum atomic E-state index is 0. The van der Waals surface area contributed by atoms with Gasteiger partial charge in [0.2, 0.25) is 0 Å². The largest absolute Gasteiger partial charge is 1.00 e. The highest BCUT2D eigenvalue weighted by molar-refractivity contribution is 5.62. The highest BCUT2D eigenvalue weighted by atomic mass is 35.5. The van der Waals surface area contributed by atoms with Crippen molar-refractivity contribution in [1.29, 1.82) is 0 Å². The zero-order valence-electron chi connectivity index (χ0n) is 14.3. The first-order valence-corrected chi connectivity index (χ1v) is 7.35. The van der Waals surface area contributed by atoms with Crippen LogP contribution in [0.3, 0.4) is 0 Å². The van der Waals surface area contributed by atoms with Gasteiger partial charge in [0.25, 0.3) is 0 Å². The molecule has 2 aromatic carbocycles. The molecule has 124 valence electrons. The maximum Gasteiger partial charge on any atom is 0.104 e. The minimum Gasteiger partial charge on any atom is -1.00 e. The number of rotatable bonds is 4. The summed E-state index contributed by atoms with van der Waals surface area (Å²) in [4.78, 5) is 0. The molecule has 0 aliphatic rings. The lowest BCUT2D eigenvalue weighted by Gasteiger charge is -2.24. The zero-order chi connectivity index (χ0) is 16.6. The fourth-order valence-electron chi connectivity index (χ4n) is 2.09. The molecule has 0 heterocycles. The second-order valence-electron chi connectivity index (χ2n) is 6.18. The number of para-hydroxylation sites is 1. The number of quaternary nitrogens is 1. The van der Waals surface area contributed by atoms with Crippen molar-refractivity contribution in [2.45, 2.75) is 6.54 Å². The van der Waals surface area contributed by atoms with Gasteiger partial charge in [-0.2, -0.15) is 0 Å². The van der Waals surface area contributed by atoms with Crippen molar-refractivity contribution < 1.29 is 16.9 Å². The maximum absolute atomic E-state index is 5.56. The van der Waals surface area contributed by atoms with E-state index in [4.69, 9.17) is 5.73 Å². The number of nitrogens with zero attached hydrogens (tertiary/aromatic N) is 1. The number of halogens is 1. The van der Waals surface area contributed by atoms with E-state index in [1.165, 1.54) is 11.1 Å². The predicted molar refractivity (Wildman–Crippen MR) is 99.2 cm³/mol. The molecule has 2 nitrogen and oxygen atoms in total. The number of benzene rings is 2. The van der Waals surface area contributed by atoms with Crippen LogP contribution in [0, 0.1) is 0 Å². The van der Waals surface area contributed by atoms with Gasteiger partial charge in [-0.1, -0.05) is 67.8 Å². The highest BCUT2D eigenvalue weighted by Gasteiger charge is 2.09. The summed E-state index contributed by atoms with van der Waals surface area (Å²) in [5.74, 6) is 0. The molecule has 0 unspecified atom stereocenters. The summed E-state index contributed by atoms with van der Waals surface area (Å²) in [6.07, 6.45) is 3.67. The number of nitrogens with two attached hydrogens (primary N) is 1. The van der Waals surface area contributed by atoms with Crippen LogP contribution in [0.2, 0.25) is 0 Å². The second kappa shape index (κ2) is 9.88. The summed E-state index contributed by atoms with van der Waals surface area (Å²) >= 11 is 0. The lowest BCUT2D eigenvalue weighted by molar-refractivity contribution is -0.884. The summed E-state index contributed by atoms with van der Waals surface area (Å²) in [5.41, 5.74) is 9.95. The Labute approximate surface area is 146 Å². The van der Waals surface area contributed by atoms with Crippen LogP contribution in [0.15, 0.2) is 61.7 Å². The van der Waals surface area contributed by atoms with E-state index < -0.39 is 0 Å². The molecular formula is C20H27ClN2. The summed E-state index contributed by atoms with van der Waals surface area (Å²) in [6.45, 7) is 8.47. The lowest BCUT2D eigenvalue weighted by atomic mass is 10.1. The van der Waals surface area contributed by atoms with Crippen LogP contribution in [0.1, 0.15) is 16.7 Å². The van der Waals surface area contributed by atoms with Gasteiger partial charge in [0, 0.05) is 11.3 Å². The minimum absolute atomic E-state index is 0. The van der Waals surface area contributed by atoms with E-state index in [1.807, 2.05) is 30.3 Å². The van der Waals surface area contributed by atoms with Gasteiger partial charge >= 0.3 is 0 Å². The molecule has 0 aliphatic carbocycles. The Bertz CT molecular complexity index is 628. The fraction of sp³-hybridized carbons (Fsp3) is 0.200. The van der Waals surface area contributed by atoms with Gasteiger partial charge in [0.1, 0.15) is 6.54 Å². The molecule has 2 rings (SSSR count). The average Bonchev–Trinajstić information content (AvgIpc) is 2.47. The third kappa shape index (κ3) is 7.68. The molecule has 0 radical (unpaired) electrons. The van der Waals surface area contributed by atoms with Crippen LogP contribution in [0.4, 0.5) is 5.69 Å². The molecule has 0 bridgehead atoms. The van der Waals surface area contributed by atoms with E-state index in [0.717, 1.165) is 22.3 Å². The molecule has 0 aliphatic heterocycles. The first-order valence-electron chi connectivity index (χ1n) is 7.35. The molecule has 2 aromatic rings. The van der Waals surface area contributed by atoms with Crippen LogP contribution in [-0.4, -0.2) is 25.6 Å². The molecule has 0 aromatic heterocycles. The SMILES string of the molecule is C=Cc1ccccc1C[N+](C)(C)C.C=Cc1ccccc1N.[Cl-]. The van der Waals surface area contributed by atoms with E-state index in [1.54, 1.807) is 6.08 Å². The van der Waals surface area contributed by atoms with Gasteiger partial charge in [-0.3, -0.25) is 0 Å². The van der Waals surface area contributed by atoms with E-state index in [-0.39, 0.29) is 12.4 Å². The molecule has 0 saturated heterocycles. The second-order valence-corrected chi connectivity index (χ2v) is 6.18. The van der Waals surface area contributed by atoms with Gasteiger partial charge in [-0.15, -0.1) is 0 Å². The standard InChI is InChI=1S/C12H18N.C8H9N.ClH/c1-5-11-8-6-7-9-12(11)10-13(2,3)4;1-2-7-5-3-4-6-8(7)9;/h5-9H,1,10H2,2-4H3;2-6H,1,9H2;1H/q+1;;/p-1. The van der Waals surface area contributed by atoms with Crippen molar-refractivity contribution >= 4 is 17.8 Å². The van der Waals surface area contributed by atoms with E-state index in [2.05, 4.69) is 58.6 Å². The van der Waals surface area contributed by atoms with Crippen LogP contribution in [-0.2, 0) is 6.54 Å². The van der Waals surface area contributed by atoms with E-state index in [9.17, 15) is 0 Å². The monoisotopic (exact) mass is 330 g/mol. The fourth-order valence-corrected chi connectivity index (χ4v) is 2.09. The molecule has 3 heteroatoms. The molecular weight excluding hydrogens is 304 g/mol. The van der Waals surface area contributed by atoms with Crippen molar-refractivity contribution in [2.24, 2.45) is 0 Å². The van der Waals surface area contributed by atoms with E-state index in [0.29, 0.717) is 0 Å². The molecule has 23 heavy (non-hydrogen) atoms. The van der Waals surface area contributed by atoms with Gasteiger partial charge in [-0.25, -0.2) is 0 Å². The van der Waals surface area contributed by atoms with Crippen molar-refractivity contribution in [3.8, 4) is 0 Å². The van der Waals surface area contributed by atoms with Gasteiger partial charge < -0.3 is 22.6 Å². The van der Waals surface area contributed by atoms with Crippen LogP contribution >= 0.6 is 0 Å². The summed E-state index contributed by atoms with van der Waals surface area (Å²) < 4.78 is 0.949. The maximum atomic E-state index is 5.56. The average molecular weight is 331 g/mol. The molecule has 0 saturated carbocycles. The van der Waals surface area contributed by atoms with Crippen molar-refractivity contribution in [2.75, 3.05) is 26.9 Å². The summed E-state index contributed by atoms with van der Waals surface area (Å²) in [5, 5.41) is 0. The number of nitrogen functional groups attached to an aromatic ring is 1. The first-order chi connectivity index (χ1) is 10.4. The predicted octanol–water partition coefficient (Wildman–Crippen LogP) is 1.45. The molecule has 2 N–H and O–H groups in total. The van der Waals surface area contributed by atoms with Crippen molar-refractivity contribution in [1.82, 2.24) is 0 Å². The first kappa shape index (κ1) is 21.0. The van der Waals surface area contributed by atoms with Gasteiger partial charge in [-0.05, 0) is 17.2 Å². The topological polar surface area (TPSA) is 26.0 Å². The molecule has 0 fully saturated rings. The van der Waals surface area contributed by atoms with Crippen molar-refractivity contribution in [3.05, 3.63) is 78.4 Å². The Morgan fingerprint density at radius 2 is 1.35 bits per heavy atom. The quantitative estimate of drug-likeness (QED) is 0.666. The third-order valence-electron chi connectivity index (χ3n) is 3.14. The number of hydrogen-bond acceptors (Lipinski definition) is 1. The van der Waals surface area contributed by atoms with Crippen LogP contribution in [0.5, 0.6) is 0 Å². The summed E-state index contributed by atoms with van der Waals surface area (Å²) in [6, 6.07) is 16.0. The van der Waals surface area contributed by atoms with Crippen LogP contribution in [0.25, 0.3) is 12.2 Å². The smallest absolute Gasteiger partial charge is 0.104 e. The Morgan fingerprint density at radius 3 is 1.78 bits per heavy atom. The lowest BCUT2D eigenvalue weighted by Crippen LogP contribution is -3.00. The van der Waals surface area contributed by atoms with Gasteiger partial charge in [0.15, 0.2) is 0 Å². The van der Waals surface area contributed by atoms with Crippen molar-refractivity contribution in [3.63, 3.8) is 0 Å². The van der Waals surface area contributed by atoms with Gasteiger partial charge in [0.05, 0.1) is 21.1 Å². The number of anilines is 1. The summed E-state index contributed by atoms with van der Waals surface area (Å²) in [7, 11) is 6.58. The Hall–Kier alpha value is -2.03. The normalized spacial score (nSPS) is 9.87. The Kier molecular flexibility index (Phi) is 9.01. The molecule has 0 amide bonds. The van der Waals surface area contributed by atoms with E-state index >= 15 is 0 Å². The highest BCUT2D eigenvalue weighted by Crippen LogP contribution is 2.13. The Balaban J connectivity index is 0.000000427.